The number of hydrogen-bond donors (Lipinski definition) is 0. The SMILES string of the molecule is Cc1ccccc1CN1C(=O)C2(c3ccccc31)N(c1cccc(F)c1)C(=O)CS2(=O)=O. The number of carbonyl (C=O) groups excluding carboxylic acids is 2. The van der Waals surface area contributed by atoms with Crippen LogP contribution >= 0.6 is 0 Å². The molecule has 6 nitrogen and oxygen atoms in total. The van der Waals surface area contributed by atoms with Crippen molar-refractivity contribution in [2.75, 3.05) is 15.6 Å². The highest BCUT2D eigenvalue weighted by atomic mass is 32.2. The van der Waals surface area contributed by atoms with E-state index in [4.69, 9.17) is 0 Å². The van der Waals surface area contributed by atoms with Crippen LogP contribution in [0.5, 0.6) is 0 Å². The number of nitrogens with zero attached hydrogens (tertiary/aromatic N) is 2. The minimum absolute atomic E-state index is 0.0250. The maximum Gasteiger partial charge on any atom is 0.274 e. The highest BCUT2D eigenvalue weighted by molar-refractivity contribution is 7.94. The van der Waals surface area contributed by atoms with Crippen molar-refractivity contribution in [1.29, 1.82) is 0 Å². The number of anilines is 2. The van der Waals surface area contributed by atoms with Gasteiger partial charge in [0, 0.05) is 11.3 Å². The zero-order valence-electron chi connectivity index (χ0n) is 17.2. The van der Waals surface area contributed by atoms with E-state index < -0.39 is 38.1 Å². The van der Waals surface area contributed by atoms with E-state index in [9.17, 15) is 22.4 Å². The Bertz CT molecular complexity index is 1390. The molecule has 0 saturated carbocycles. The molecular weight excluding hydrogens is 431 g/mol. The number of aryl methyl sites for hydroxylation is 1. The molecule has 1 saturated heterocycles. The lowest BCUT2D eigenvalue weighted by Gasteiger charge is -2.32. The molecule has 1 spiro atoms. The van der Waals surface area contributed by atoms with E-state index in [-0.39, 0.29) is 17.8 Å². The van der Waals surface area contributed by atoms with Gasteiger partial charge in [-0.1, -0.05) is 48.5 Å². The summed E-state index contributed by atoms with van der Waals surface area (Å²) in [5.74, 6) is -2.97. The summed E-state index contributed by atoms with van der Waals surface area (Å²) in [6, 6.07) is 19.2. The number of rotatable bonds is 3. The molecule has 1 unspecified atom stereocenters. The summed E-state index contributed by atoms with van der Waals surface area (Å²) in [6.07, 6.45) is 0. The summed E-state index contributed by atoms with van der Waals surface area (Å²) in [4.78, 5) is 27.1. The zero-order valence-corrected chi connectivity index (χ0v) is 18.0. The summed E-state index contributed by atoms with van der Waals surface area (Å²) in [5.41, 5.74) is 2.45. The Morgan fingerprint density at radius 3 is 2.44 bits per heavy atom. The molecular formula is C24H19FN2O4S. The van der Waals surface area contributed by atoms with Gasteiger partial charge in [0.05, 0.1) is 12.2 Å². The largest absolute Gasteiger partial charge is 0.304 e. The quantitative estimate of drug-likeness (QED) is 0.614. The molecule has 3 aromatic rings. The van der Waals surface area contributed by atoms with E-state index in [1.54, 1.807) is 24.3 Å². The third-order valence-corrected chi connectivity index (χ3v) is 8.18. The third kappa shape index (κ3) is 2.65. The van der Waals surface area contributed by atoms with E-state index in [0.29, 0.717) is 5.69 Å². The number of halogens is 1. The van der Waals surface area contributed by atoms with Crippen LogP contribution in [0.15, 0.2) is 72.8 Å². The highest BCUT2D eigenvalue weighted by Gasteiger charge is 2.69. The van der Waals surface area contributed by atoms with Gasteiger partial charge in [-0.05, 0) is 42.3 Å². The van der Waals surface area contributed by atoms with Crippen LogP contribution in [0, 0.1) is 12.7 Å². The van der Waals surface area contributed by atoms with E-state index in [1.807, 2.05) is 31.2 Å². The van der Waals surface area contributed by atoms with Crippen molar-refractivity contribution in [2.24, 2.45) is 0 Å². The molecule has 0 aliphatic carbocycles. The van der Waals surface area contributed by atoms with Gasteiger partial charge in [0.25, 0.3) is 10.8 Å². The first-order valence-corrected chi connectivity index (χ1v) is 11.7. The molecule has 2 aliphatic rings. The Kier molecular flexibility index (Phi) is 4.46. The number of hydrogen-bond acceptors (Lipinski definition) is 4. The Labute approximate surface area is 184 Å². The van der Waals surface area contributed by atoms with Crippen molar-refractivity contribution in [2.45, 2.75) is 18.3 Å². The maximum atomic E-state index is 14.0. The number of sulfone groups is 1. The first-order chi connectivity index (χ1) is 15.3. The molecule has 8 heteroatoms. The number of para-hydroxylation sites is 1. The lowest BCUT2D eigenvalue weighted by molar-refractivity contribution is -0.123. The summed E-state index contributed by atoms with van der Waals surface area (Å²) < 4.78 is 41.0. The van der Waals surface area contributed by atoms with E-state index in [0.717, 1.165) is 22.1 Å². The first-order valence-electron chi connectivity index (χ1n) is 10.0. The number of amides is 2. The van der Waals surface area contributed by atoms with Crippen molar-refractivity contribution in [3.63, 3.8) is 0 Å². The Balaban J connectivity index is 1.76. The fourth-order valence-electron chi connectivity index (χ4n) is 4.62. The summed E-state index contributed by atoms with van der Waals surface area (Å²) >= 11 is 0. The van der Waals surface area contributed by atoms with Gasteiger partial charge in [-0.2, -0.15) is 0 Å². The van der Waals surface area contributed by atoms with Crippen LogP contribution in [0.1, 0.15) is 16.7 Å². The third-order valence-electron chi connectivity index (χ3n) is 6.08. The Morgan fingerprint density at radius 2 is 1.69 bits per heavy atom. The average molecular weight is 450 g/mol. The highest BCUT2D eigenvalue weighted by Crippen LogP contribution is 2.52. The summed E-state index contributed by atoms with van der Waals surface area (Å²) in [7, 11) is -4.28. The summed E-state index contributed by atoms with van der Waals surface area (Å²) in [6.45, 7) is 2.05. The summed E-state index contributed by atoms with van der Waals surface area (Å²) in [5, 5.41) is 0. The lowest BCUT2D eigenvalue weighted by atomic mass is 10.0. The lowest BCUT2D eigenvalue weighted by Crippen LogP contribution is -2.54. The molecule has 0 N–H and O–H groups in total. The molecule has 3 aromatic carbocycles. The van der Waals surface area contributed by atoms with Crippen molar-refractivity contribution in [3.8, 4) is 0 Å². The Morgan fingerprint density at radius 1 is 0.969 bits per heavy atom. The topological polar surface area (TPSA) is 74.8 Å². The predicted octanol–water partition coefficient (Wildman–Crippen LogP) is 3.30. The van der Waals surface area contributed by atoms with Crippen molar-refractivity contribution < 1.29 is 22.4 Å². The fraction of sp³-hybridized carbons (Fsp3) is 0.167. The van der Waals surface area contributed by atoms with Crippen molar-refractivity contribution in [1.82, 2.24) is 0 Å². The molecule has 162 valence electrons. The van der Waals surface area contributed by atoms with Gasteiger partial charge in [0.1, 0.15) is 11.6 Å². The van der Waals surface area contributed by atoms with Crippen LogP contribution in [0.2, 0.25) is 0 Å². The van der Waals surface area contributed by atoms with E-state index >= 15 is 0 Å². The van der Waals surface area contributed by atoms with Crippen LogP contribution in [0.25, 0.3) is 0 Å². The second-order valence-electron chi connectivity index (χ2n) is 7.95. The first kappa shape index (κ1) is 20.4. The van der Waals surface area contributed by atoms with Gasteiger partial charge in [-0.3, -0.25) is 14.5 Å². The molecule has 0 aromatic heterocycles. The second kappa shape index (κ2) is 7.00. The van der Waals surface area contributed by atoms with Crippen LogP contribution in [0.4, 0.5) is 15.8 Å². The molecule has 2 amide bonds. The Hall–Kier alpha value is -3.52. The minimum Gasteiger partial charge on any atom is -0.304 e. The molecule has 1 atom stereocenters. The molecule has 1 fully saturated rings. The fourth-order valence-corrected chi connectivity index (χ4v) is 6.65. The van der Waals surface area contributed by atoms with Gasteiger partial charge in [-0.15, -0.1) is 0 Å². The van der Waals surface area contributed by atoms with Crippen LogP contribution in [-0.2, 0) is 30.8 Å². The van der Waals surface area contributed by atoms with Gasteiger partial charge in [0.15, 0.2) is 9.84 Å². The van der Waals surface area contributed by atoms with Crippen molar-refractivity contribution >= 4 is 33.0 Å². The second-order valence-corrected chi connectivity index (χ2v) is 10.1. The predicted molar refractivity (Wildman–Crippen MR) is 118 cm³/mol. The average Bonchev–Trinajstić information content (AvgIpc) is 3.12. The molecule has 2 aliphatic heterocycles. The van der Waals surface area contributed by atoms with Gasteiger partial charge >= 0.3 is 0 Å². The number of carbonyl (C=O) groups is 2. The van der Waals surface area contributed by atoms with Gasteiger partial charge in [-0.25, -0.2) is 12.8 Å². The maximum absolute atomic E-state index is 14.0. The van der Waals surface area contributed by atoms with Gasteiger partial charge < -0.3 is 4.90 Å². The smallest absolute Gasteiger partial charge is 0.274 e. The molecule has 5 rings (SSSR count). The number of benzene rings is 3. The number of fused-ring (bicyclic) bond motifs is 2. The van der Waals surface area contributed by atoms with Gasteiger partial charge in [0.2, 0.25) is 5.91 Å². The molecule has 0 radical (unpaired) electrons. The van der Waals surface area contributed by atoms with E-state index in [2.05, 4.69) is 0 Å². The van der Waals surface area contributed by atoms with E-state index in [1.165, 1.54) is 23.1 Å². The normalized spacial score (nSPS) is 21.4. The molecule has 2 heterocycles. The zero-order chi connectivity index (χ0) is 22.7. The van der Waals surface area contributed by atoms with Crippen LogP contribution < -0.4 is 9.80 Å². The van der Waals surface area contributed by atoms with Crippen LogP contribution in [0.3, 0.4) is 0 Å². The monoisotopic (exact) mass is 450 g/mol. The van der Waals surface area contributed by atoms with Crippen LogP contribution in [-0.4, -0.2) is 26.0 Å². The minimum atomic E-state index is -4.28. The van der Waals surface area contributed by atoms with Crippen molar-refractivity contribution in [3.05, 3.63) is 95.3 Å². The molecule has 0 bridgehead atoms. The standard InChI is InChI=1S/C24H19FN2O4S/c1-16-7-2-3-8-17(16)14-26-21-12-5-4-11-20(21)24(23(26)29)27(22(28)15-32(24,30)31)19-10-6-9-18(25)13-19/h2-13H,14-15H2,1H3. The molecule has 32 heavy (non-hydrogen) atoms.